The molecule has 7 rings (SSSR count). The largest absolute Gasteiger partial charge is 0.420 e. The van der Waals surface area contributed by atoms with Crippen molar-refractivity contribution in [3.63, 3.8) is 0 Å². The third kappa shape index (κ3) is 3.02. The van der Waals surface area contributed by atoms with Crippen LogP contribution in [0, 0.1) is 6.92 Å². The van der Waals surface area contributed by atoms with Gasteiger partial charge in [0, 0.05) is 18.6 Å². The lowest BCUT2D eigenvalue weighted by molar-refractivity contribution is 0.402. The number of rotatable bonds is 3. The van der Waals surface area contributed by atoms with Crippen molar-refractivity contribution in [2.24, 2.45) is 0 Å². The molecule has 0 radical (unpaired) electrons. The van der Waals surface area contributed by atoms with Gasteiger partial charge in [0.05, 0.1) is 28.4 Å². The molecule has 1 aliphatic rings. The van der Waals surface area contributed by atoms with E-state index in [0.29, 0.717) is 28.9 Å². The highest BCUT2D eigenvalue weighted by Crippen LogP contribution is 2.49. The molecule has 35 heavy (non-hydrogen) atoms. The highest BCUT2D eigenvalue weighted by molar-refractivity contribution is 5.68. The Hall–Kier alpha value is -4.92. The Morgan fingerprint density at radius 1 is 0.857 bits per heavy atom. The second kappa shape index (κ2) is 7.56. The van der Waals surface area contributed by atoms with Crippen molar-refractivity contribution >= 4 is 5.65 Å². The van der Waals surface area contributed by atoms with Crippen LogP contribution in [0.1, 0.15) is 28.3 Å². The first-order valence-electron chi connectivity index (χ1n) is 11.2. The third-order valence-corrected chi connectivity index (χ3v) is 6.13. The van der Waals surface area contributed by atoms with Gasteiger partial charge in [-0.25, -0.2) is 19.2 Å². The van der Waals surface area contributed by atoms with E-state index in [0.717, 1.165) is 28.1 Å². The van der Waals surface area contributed by atoms with Crippen LogP contribution in [0.3, 0.4) is 0 Å². The van der Waals surface area contributed by atoms with Gasteiger partial charge in [0.2, 0.25) is 17.6 Å². The normalized spacial score (nSPS) is 14.4. The molecule has 168 valence electrons. The summed E-state index contributed by atoms with van der Waals surface area (Å²) in [6.45, 7) is 1.99. The SMILES string of the molecule is Cc1nn(-c2ccccc2)c2c1[C@@H](c1cccnc1)c1c(ncn3nc(-c4ccccn4)nc13)O2. The molecule has 5 aromatic heterocycles. The maximum Gasteiger partial charge on any atom is 0.230 e. The minimum Gasteiger partial charge on any atom is -0.420 e. The highest BCUT2D eigenvalue weighted by Gasteiger charge is 2.38. The standard InChI is InChI=1S/C26H18N8O/c1-16-20-21(17-8-7-12-27-14-17)22-24-30-23(19-11-5-6-13-28-19)32-33(24)15-29-25(22)35-26(20)34(31-16)18-9-3-2-4-10-18/h2-15,21H,1H3/t21-/m1/s1. The average molecular weight is 458 g/mol. The molecule has 0 saturated heterocycles. The number of hydrogen-bond donors (Lipinski definition) is 0. The molecule has 0 fully saturated rings. The Kier molecular flexibility index (Phi) is 4.22. The van der Waals surface area contributed by atoms with Crippen LogP contribution in [-0.4, -0.2) is 39.3 Å². The molecule has 0 N–H and O–H groups in total. The summed E-state index contributed by atoms with van der Waals surface area (Å²) in [6.07, 6.45) is 6.97. The lowest BCUT2D eigenvalue weighted by Gasteiger charge is -2.26. The molecule has 6 heterocycles. The summed E-state index contributed by atoms with van der Waals surface area (Å²) in [5, 5.41) is 9.48. The molecular weight excluding hydrogens is 440 g/mol. The summed E-state index contributed by atoms with van der Waals surface area (Å²) < 4.78 is 9.93. The third-order valence-electron chi connectivity index (χ3n) is 6.13. The molecule has 0 unspecified atom stereocenters. The molecule has 1 atom stereocenters. The quantitative estimate of drug-likeness (QED) is 0.388. The summed E-state index contributed by atoms with van der Waals surface area (Å²) in [5.41, 5.74) is 5.87. The highest BCUT2D eigenvalue weighted by atomic mass is 16.5. The fourth-order valence-electron chi connectivity index (χ4n) is 4.61. The van der Waals surface area contributed by atoms with Crippen LogP contribution in [0.2, 0.25) is 0 Å². The summed E-state index contributed by atoms with van der Waals surface area (Å²) in [6, 6.07) is 19.6. The molecular formula is C26H18N8O. The zero-order valence-corrected chi connectivity index (χ0v) is 18.6. The van der Waals surface area contributed by atoms with Gasteiger partial charge in [-0.05, 0) is 42.8 Å². The smallest absolute Gasteiger partial charge is 0.230 e. The van der Waals surface area contributed by atoms with Crippen LogP contribution in [0.25, 0.3) is 22.9 Å². The Balaban J connectivity index is 1.50. The number of ether oxygens (including phenoxy) is 1. The van der Waals surface area contributed by atoms with Crippen LogP contribution in [0.5, 0.6) is 11.8 Å². The zero-order chi connectivity index (χ0) is 23.4. The Morgan fingerprint density at radius 3 is 2.54 bits per heavy atom. The first-order chi connectivity index (χ1) is 17.3. The van der Waals surface area contributed by atoms with E-state index < -0.39 is 0 Å². The predicted octanol–water partition coefficient (Wildman–Crippen LogP) is 4.36. The van der Waals surface area contributed by atoms with Crippen molar-refractivity contribution in [3.05, 3.63) is 108 Å². The van der Waals surface area contributed by atoms with Gasteiger partial charge in [0.1, 0.15) is 12.0 Å². The molecule has 9 heteroatoms. The number of benzene rings is 1. The van der Waals surface area contributed by atoms with E-state index in [2.05, 4.69) is 26.1 Å². The van der Waals surface area contributed by atoms with Gasteiger partial charge in [0.25, 0.3) is 0 Å². The van der Waals surface area contributed by atoms with Gasteiger partial charge in [0.15, 0.2) is 5.65 Å². The van der Waals surface area contributed by atoms with Gasteiger partial charge in [-0.1, -0.05) is 30.3 Å². The molecule has 9 nitrogen and oxygen atoms in total. The van der Waals surface area contributed by atoms with Crippen LogP contribution >= 0.6 is 0 Å². The van der Waals surface area contributed by atoms with Gasteiger partial charge >= 0.3 is 0 Å². The van der Waals surface area contributed by atoms with Crippen molar-refractivity contribution in [1.82, 2.24) is 39.3 Å². The Labute approximate surface area is 199 Å². The monoisotopic (exact) mass is 458 g/mol. The first-order valence-corrected chi connectivity index (χ1v) is 11.2. The van der Waals surface area contributed by atoms with Crippen LogP contribution in [-0.2, 0) is 0 Å². The maximum absolute atomic E-state index is 6.43. The molecule has 0 saturated carbocycles. The number of para-hydroxylation sites is 1. The Bertz CT molecular complexity index is 1680. The van der Waals surface area contributed by atoms with Crippen molar-refractivity contribution in [2.45, 2.75) is 12.8 Å². The Morgan fingerprint density at radius 2 is 1.74 bits per heavy atom. The molecule has 0 aliphatic carbocycles. The summed E-state index contributed by atoms with van der Waals surface area (Å²) in [5.74, 6) is 1.39. The number of hydrogen-bond acceptors (Lipinski definition) is 7. The van der Waals surface area contributed by atoms with E-state index in [1.54, 1.807) is 23.2 Å². The summed E-state index contributed by atoms with van der Waals surface area (Å²) in [7, 11) is 0. The molecule has 0 spiro atoms. The number of aryl methyl sites for hydroxylation is 1. The van der Waals surface area contributed by atoms with Crippen LogP contribution < -0.4 is 4.74 Å². The second-order valence-electron chi connectivity index (χ2n) is 8.25. The zero-order valence-electron chi connectivity index (χ0n) is 18.6. The van der Waals surface area contributed by atoms with Crippen molar-refractivity contribution in [3.8, 4) is 29.0 Å². The van der Waals surface area contributed by atoms with E-state index in [9.17, 15) is 0 Å². The minimum atomic E-state index is -0.239. The number of aromatic nitrogens is 8. The number of pyridine rings is 2. The topological polar surface area (TPSA) is 95.9 Å². The van der Waals surface area contributed by atoms with Crippen LogP contribution in [0.15, 0.2) is 85.6 Å². The number of nitrogens with zero attached hydrogens (tertiary/aromatic N) is 8. The molecule has 1 aromatic carbocycles. The average Bonchev–Trinajstić information content (AvgIpc) is 3.50. The molecule has 6 aromatic rings. The van der Waals surface area contributed by atoms with Crippen LogP contribution in [0.4, 0.5) is 0 Å². The van der Waals surface area contributed by atoms with E-state index in [-0.39, 0.29) is 5.92 Å². The lowest BCUT2D eigenvalue weighted by atomic mass is 9.85. The molecule has 0 amide bonds. The second-order valence-corrected chi connectivity index (χ2v) is 8.25. The fourth-order valence-corrected chi connectivity index (χ4v) is 4.61. The fraction of sp³-hybridized carbons (Fsp3) is 0.0769. The lowest BCUT2D eigenvalue weighted by Crippen LogP contribution is -2.16. The van der Waals surface area contributed by atoms with Crippen molar-refractivity contribution < 1.29 is 4.74 Å². The van der Waals surface area contributed by atoms with E-state index in [1.165, 1.54) is 0 Å². The number of fused-ring (bicyclic) bond motifs is 4. The molecule has 1 aliphatic heterocycles. The summed E-state index contributed by atoms with van der Waals surface area (Å²) >= 11 is 0. The van der Waals surface area contributed by atoms with Crippen molar-refractivity contribution in [2.75, 3.05) is 0 Å². The van der Waals surface area contributed by atoms with Crippen molar-refractivity contribution in [1.29, 1.82) is 0 Å². The van der Waals surface area contributed by atoms with E-state index >= 15 is 0 Å². The van der Waals surface area contributed by atoms with Gasteiger partial charge < -0.3 is 4.74 Å². The first kappa shape index (κ1) is 19.5. The van der Waals surface area contributed by atoms with Gasteiger partial charge in [-0.3, -0.25) is 9.97 Å². The van der Waals surface area contributed by atoms with Gasteiger partial charge in [-0.2, -0.15) is 5.10 Å². The summed E-state index contributed by atoms with van der Waals surface area (Å²) in [4.78, 5) is 18.3. The maximum atomic E-state index is 6.43. The minimum absolute atomic E-state index is 0.239. The van der Waals surface area contributed by atoms with E-state index in [4.69, 9.17) is 14.8 Å². The van der Waals surface area contributed by atoms with E-state index in [1.807, 2.05) is 72.4 Å². The van der Waals surface area contributed by atoms with Gasteiger partial charge in [-0.15, -0.1) is 5.10 Å². The molecule has 0 bridgehead atoms. The predicted molar refractivity (Wildman–Crippen MR) is 128 cm³/mol.